The summed E-state index contributed by atoms with van der Waals surface area (Å²) in [5.41, 5.74) is 7.84. The molecule has 14 heavy (non-hydrogen) atoms. The van der Waals surface area contributed by atoms with Gasteiger partial charge in [-0.1, -0.05) is 0 Å². The lowest BCUT2D eigenvalue weighted by molar-refractivity contribution is 0.494. The third kappa shape index (κ3) is 2.00. The van der Waals surface area contributed by atoms with Crippen molar-refractivity contribution in [3.8, 4) is 0 Å². The Kier molecular flexibility index (Phi) is 2.14. The minimum absolute atomic E-state index is 0.218. The van der Waals surface area contributed by atoms with Gasteiger partial charge in [-0.2, -0.15) is 0 Å². The van der Waals surface area contributed by atoms with E-state index in [4.69, 9.17) is 5.73 Å². The summed E-state index contributed by atoms with van der Waals surface area (Å²) in [6, 6.07) is 7.95. The van der Waals surface area contributed by atoms with Crippen molar-refractivity contribution < 1.29 is 0 Å². The maximum Gasteiger partial charge on any atom is 0.0345 e. The standard InChI is InChI=1S/C12H18N2/c1-12(2,9-3-4-9)14-11-7-5-10(13)6-8-11/h5-9,14H,3-4,13H2,1-2H3. The Bertz CT molecular complexity index is 310. The van der Waals surface area contributed by atoms with Crippen LogP contribution in [-0.4, -0.2) is 5.54 Å². The van der Waals surface area contributed by atoms with Crippen molar-refractivity contribution in [2.24, 2.45) is 5.92 Å². The third-order valence-electron chi connectivity index (χ3n) is 2.98. The van der Waals surface area contributed by atoms with Crippen LogP contribution in [-0.2, 0) is 0 Å². The van der Waals surface area contributed by atoms with Crippen LogP contribution in [0.3, 0.4) is 0 Å². The zero-order valence-corrected chi connectivity index (χ0v) is 8.88. The highest BCUT2D eigenvalue weighted by atomic mass is 15.0. The second kappa shape index (κ2) is 3.19. The maximum absolute atomic E-state index is 5.63. The van der Waals surface area contributed by atoms with Crippen LogP contribution in [0.5, 0.6) is 0 Å². The fraction of sp³-hybridized carbons (Fsp3) is 0.500. The van der Waals surface area contributed by atoms with Gasteiger partial charge in [0, 0.05) is 16.9 Å². The molecule has 1 fully saturated rings. The van der Waals surface area contributed by atoms with Crippen molar-refractivity contribution in [1.82, 2.24) is 0 Å². The third-order valence-corrected chi connectivity index (χ3v) is 2.98. The van der Waals surface area contributed by atoms with Crippen LogP contribution in [0.1, 0.15) is 26.7 Å². The Hall–Kier alpha value is -1.18. The Balaban J connectivity index is 2.06. The SMILES string of the molecule is CC(C)(Nc1ccc(N)cc1)C1CC1. The number of nitrogen functional groups attached to an aromatic ring is 1. The molecule has 1 aliphatic rings. The summed E-state index contributed by atoms with van der Waals surface area (Å²) in [6.07, 6.45) is 2.71. The summed E-state index contributed by atoms with van der Waals surface area (Å²) in [5.74, 6) is 0.833. The first-order valence-electron chi connectivity index (χ1n) is 5.22. The lowest BCUT2D eigenvalue weighted by atomic mass is 9.98. The van der Waals surface area contributed by atoms with Crippen LogP contribution in [0.15, 0.2) is 24.3 Å². The van der Waals surface area contributed by atoms with Crippen molar-refractivity contribution in [3.05, 3.63) is 24.3 Å². The van der Waals surface area contributed by atoms with Crippen LogP contribution >= 0.6 is 0 Å². The van der Waals surface area contributed by atoms with E-state index < -0.39 is 0 Å². The first-order chi connectivity index (χ1) is 6.58. The molecule has 1 aromatic rings. The molecule has 0 atom stereocenters. The van der Waals surface area contributed by atoms with Gasteiger partial charge >= 0.3 is 0 Å². The molecule has 0 amide bonds. The molecular formula is C12H18N2. The topological polar surface area (TPSA) is 38.0 Å². The first-order valence-corrected chi connectivity index (χ1v) is 5.22. The fourth-order valence-electron chi connectivity index (χ4n) is 1.85. The summed E-state index contributed by atoms with van der Waals surface area (Å²) < 4.78 is 0. The van der Waals surface area contributed by atoms with E-state index in [1.807, 2.05) is 24.3 Å². The van der Waals surface area contributed by atoms with Gasteiger partial charge in [0.25, 0.3) is 0 Å². The number of nitrogens with two attached hydrogens (primary N) is 1. The highest BCUT2D eigenvalue weighted by molar-refractivity contribution is 5.52. The van der Waals surface area contributed by atoms with Crippen LogP contribution in [0.4, 0.5) is 11.4 Å². The van der Waals surface area contributed by atoms with E-state index in [0.717, 1.165) is 17.3 Å². The van der Waals surface area contributed by atoms with Gasteiger partial charge in [-0.3, -0.25) is 0 Å². The minimum atomic E-state index is 0.218. The van der Waals surface area contributed by atoms with Crippen molar-refractivity contribution in [2.45, 2.75) is 32.2 Å². The van der Waals surface area contributed by atoms with Gasteiger partial charge in [0.1, 0.15) is 0 Å². The number of hydrogen-bond donors (Lipinski definition) is 2. The Morgan fingerprint density at radius 3 is 2.29 bits per heavy atom. The molecule has 2 heteroatoms. The molecule has 1 aliphatic carbocycles. The molecule has 0 spiro atoms. The highest BCUT2D eigenvalue weighted by Gasteiger charge is 2.37. The second-order valence-electron chi connectivity index (χ2n) is 4.74. The van der Waals surface area contributed by atoms with Gasteiger partial charge in [-0.15, -0.1) is 0 Å². The summed E-state index contributed by atoms with van der Waals surface area (Å²) >= 11 is 0. The predicted molar refractivity (Wildman–Crippen MR) is 61.3 cm³/mol. The quantitative estimate of drug-likeness (QED) is 0.719. The Morgan fingerprint density at radius 2 is 1.79 bits per heavy atom. The highest BCUT2D eigenvalue weighted by Crippen LogP contribution is 2.41. The summed E-state index contributed by atoms with van der Waals surface area (Å²) in [7, 11) is 0. The molecule has 1 saturated carbocycles. The van der Waals surface area contributed by atoms with E-state index in [1.165, 1.54) is 12.8 Å². The van der Waals surface area contributed by atoms with E-state index >= 15 is 0 Å². The molecule has 0 aromatic heterocycles. The van der Waals surface area contributed by atoms with Gasteiger partial charge in [-0.25, -0.2) is 0 Å². The zero-order valence-electron chi connectivity index (χ0n) is 8.88. The molecule has 2 nitrogen and oxygen atoms in total. The van der Waals surface area contributed by atoms with E-state index in [1.54, 1.807) is 0 Å². The Labute approximate surface area is 85.5 Å². The van der Waals surface area contributed by atoms with Crippen molar-refractivity contribution >= 4 is 11.4 Å². The van der Waals surface area contributed by atoms with Gasteiger partial charge in [-0.05, 0) is 56.9 Å². The number of anilines is 2. The van der Waals surface area contributed by atoms with Crippen molar-refractivity contribution in [3.63, 3.8) is 0 Å². The monoisotopic (exact) mass is 190 g/mol. The van der Waals surface area contributed by atoms with Gasteiger partial charge < -0.3 is 11.1 Å². The van der Waals surface area contributed by atoms with E-state index in [2.05, 4.69) is 19.2 Å². The first kappa shape index (κ1) is 9.38. The molecule has 1 aromatic carbocycles. The van der Waals surface area contributed by atoms with E-state index in [-0.39, 0.29) is 5.54 Å². The van der Waals surface area contributed by atoms with Crippen molar-refractivity contribution in [2.75, 3.05) is 11.1 Å². The molecule has 2 rings (SSSR count). The molecule has 0 aliphatic heterocycles. The minimum Gasteiger partial charge on any atom is -0.399 e. The van der Waals surface area contributed by atoms with Crippen LogP contribution in [0, 0.1) is 5.92 Å². The van der Waals surface area contributed by atoms with E-state index in [0.29, 0.717) is 0 Å². The molecule has 0 bridgehead atoms. The van der Waals surface area contributed by atoms with Gasteiger partial charge in [0.05, 0.1) is 0 Å². The fourth-order valence-corrected chi connectivity index (χ4v) is 1.85. The molecular weight excluding hydrogens is 172 g/mol. The Morgan fingerprint density at radius 1 is 1.21 bits per heavy atom. The summed E-state index contributed by atoms with van der Waals surface area (Å²) in [5, 5.41) is 3.55. The van der Waals surface area contributed by atoms with Gasteiger partial charge in [0.2, 0.25) is 0 Å². The molecule has 76 valence electrons. The number of rotatable bonds is 3. The van der Waals surface area contributed by atoms with E-state index in [9.17, 15) is 0 Å². The van der Waals surface area contributed by atoms with Crippen LogP contribution < -0.4 is 11.1 Å². The lowest BCUT2D eigenvalue weighted by Gasteiger charge is -2.27. The second-order valence-corrected chi connectivity index (χ2v) is 4.74. The molecule has 0 radical (unpaired) electrons. The number of hydrogen-bond acceptors (Lipinski definition) is 2. The molecule has 3 N–H and O–H groups in total. The van der Waals surface area contributed by atoms with Gasteiger partial charge in [0.15, 0.2) is 0 Å². The number of benzene rings is 1. The smallest absolute Gasteiger partial charge is 0.0345 e. The molecule has 0 saturated heterocycles. The number of nitrogens with one attached hydrogen (secondary N) is 1. The molecule has 0 unspecified atom stereocenters. The predicted octanol–water partition coefficient (Wildman–Crippen LogP) is 2.87. The molecule has 0 heterocycles. The van der Waals surface area contributed by atoms with Crippen LogP contribution in [0.2, 0.25) is 0 Å². The lowest BCUT2D eigenvalue weighted by Crippen LogP contribution is -2.33. The maximum atomic E-state index is 5.63. The van der Waals surface area contributed by atoms with Crippen LogP contribution in [0.25, 0.3) is 0 Å². The largest absolute Gasteiger partial charge is 0.399 e. The average molecular weight is 190 g/mol. The summed E-state index contributed by atoms with van der Waals surface area (Å²) in [4.78, 5) is 0. The average Bonchev–Trinajstić information content (AvgIpc) is 2.91. The normalized spacial score (nSPS) is 16.7. The summed E-state index contributed by atoms with van der Waals surface area (Å²) in [6.45, 7) is 4.53. The van der Waals surface area contributed by atoms with Crippen molar-refractivity contribution in [1.29, 1.82) is 0 Å². The zero-order chi connectivity index (χ0) is 10.2.